The third-order valence-electron chi connectivity index (χ3n) is 8.52. The van der Waals surface area contributed by atoms with Crippen LogP contribution in [-0.4, -0.2) is 33.5 Å². The summed E-state index contributed by atoms with van der Waals surface area (Å²) in [6, 6.07) is 14.8. The summed E-state index contributed by atoms with van der Waals surface area (Å²) >= 11 is 0. The topological polar surface area (TPSA) is 74.6 Å². The van der Waals surface area contributed by atoms with E-state index in [1.807, 2.05) is 0 Å². The zero-order valence-corrected chi connectivity index (χ0v) is 30.3. The molecule has 0 radical (unpaired) electrons. The van der Waals surface area contributed by atoms with E-state index in [0.29, 0.717) is 17.8 Å². The van der Waals surface area contributed by atoms with Crippen LogP contribution in [0, 0.1) is 0 Å². The predicted molar refractivity (Wildman–Crippen MR) is 181 cm³/mol. The molecular weight excluding hydrogens is 646 g/mol. The fourth-order valence-corrected chi connectivity index (χ4v) is 10.5. The second-order valence-corrected chi connectivity index (χ2v) is 15.8. The Kier molecular flexibility index (Phi) is 18.2. The Hall–Kier alpha value is -1.53. The van der Waals surface area contributed by atoms with Crippen molar-refractivity contribution in [3.8, 4) is 11.1 Å². The number of carboxylic acid groups (broad SMARTS) is 2. The molecular formula is C37H57O4PPd. The summed E-state index contributed by atoms with van der Waals surface area (Å²) in [4.78, 5) is 18.0. The van der Waals surface area contributed by atoms with Gasteiger partial charge < -0.3 is 10.2 Å². The Morgan fingerprint density at radius 3 is 1.40 bits per heavy atom. The SMILES string of the molecule is CC(=O)O.CC(=O)O.CC(C)c1cc(C(C)C)c(-c2ccccc2P(C2CCCCC2)C2CCCCC2)c(C(C)C)c1.[Pd]. The van der Waals surface area contributed by atoms with E-state index in [1.165, 1.54) is 69.8 Å². The van der Waals surface area contributed by atoms with Gasteiger partial charge >= 0.3 is 0 Å². The van der Waals surface area contributed by atoms with E-state index >= 15 is 0 Å². The molecule has 2 aromatic rings. The van der Waals surface area contributed by atoms with Gasteiger partial charge in [0, 0.05) is 34.3 Å². The van der Waals surface area contributed by atoms with E-state index in [9.17, 15) is 0 Å². The third kappa shape index (κ3) is 12.4. The molecule has 0 spiro atoms. The Bertz CT molecular complexity index is 1060. The average Bonchev–Trinajstić information content (AvgIpc) is 2.93. The van der Waals surface area contributed by atoms with Crippen LogP contribution in [0.15, 0.2) is 36.4 Å². The predicted octanol–water partition coefficient (Wildman–Crippen LogP) is 10.7. The van der Waals surface area contributed by atoms with Crippen LogP contribution in [-0.2, 0) is 30.0 Å². The Morgan fingerprint density at radius 2 is 1.05 bits per heavy atom. The number of hydrogen-bond donors (Lipinski definition) is 2. The molecule has 4 nitrogen and oxygen atoms in total. The van der Waals surface area contributed by atoms with Gasteiger partial charge in [0.1, 0.15) is 0 Å². The third-order valence-corrected chi connectivity index (χ3v) is 12.1. The maximum absolute atomic E-state index is 9.00. The molecule has 2 aliphatic carbocycles. The maximum atomic E-state index is 9.00. The van der Waals surface area contributed by atoms with Crippen LogP contribution in [0.3, 0.4) is 0 Å². The summed E-state index contributed by atoms with van der Waals surface area (Å²) in [5.74, 6) is -0.0226. The molecule has 2 aromatic carbocycles. The molecule has 0 saturated heterocycles. The van der Waals surface area contributed by atoms with Gasteiger partial charge in [0.25, 0.3) is 11.9 Å². The van der Waals surface area contributed by atoms with Crippen molar-refractivity contribution in [3.63, 3.8) is 0 Å². The van der Waals surface area contributed by atoms with Crippen molar-refractivity contribution in [2.24, 2.45) is 0 Å². The van der Waals surface area contributed by atoms with E-state index < -0.39 is 11.9 Å². The Labute approximate surface area is 277 Å². The van der Waals surface area contributed by atoms with E-state index in [4.69, 9.17) is 19.8 Å². The maximum Gasteiger partial charge on any atom is 0.300 e. The number of carbonyl (C=O) groups is 2. The van der Waals surface area contributed by atoms with Crippen LogP contribution in [0.25, 0.3) is 11.1 Å². The van der Waals surface area contributed by atoms with Crippen LogP contribution in [0.2, 0.25) is 0 Å². The van der Waals surface area contributed by atoms with Crippen molar-refractivity contribution >= 4 is 25.2 Å². The molecule has 0 bridgehead atoms. The van der Waals surface area contributed by atoms with Crippen molar-refractivity contribution in [2.75, 3.05) is 0 Å². The summed E-state index contributed by atoms with van der Waals surface area (Å²) in [5, 5.41) is 16.6. The van der Waals surface area contributed by atoms with Crippen molar-refractivity contribution in [2.45, 2.75) is 149 Å². The molecule has 0 aliphatic heterocycles. The molecule has 2 N–H and O–H groups in total. The standard InChI is InChI=1S/C33H49P.2C2H4O2.Pd/c1-23(2)26-21-30(24(3)4)33(31(22-26)25(5)6)29-19-13-14-20-32(29)34(27-15-9-7-10-16-27)28-17-11-8-12-18-28;2*1-2(3)4;/h13-14,19-25,27-28H,7-12,15-18H2,1-6H3;2*1H3,(H,3,4);. The fourth-order valence-electron chi connectivity index (χ4n) is 6.59. The number of benzene rings is 2. The van der Waals surface area contributed by atoms with E-state index in [1.54, 1.807) is 27.6 Å². The van der Waals surface area contributed by atoms with Crippen LogP contribution < -0.4 is 5.30 Å². The van der Waals surface area contributed by atoms with Crippen molar-refractivity contribution in [1.82, 2.24) is 0 Å². The summed E-state index contributed by atoms with van der Waals surface area (Å²) in [5.41, 5.74) is 9.71. The molecule has 6 heteroatoms. The molecule has 0 amide bonds. The second-order valence-electron chi connectivity index (χ2n) is 13.1. The molecule has 43 heavy (non-hydrogen) atoms. The molecule has 244 valence electrons. The first-order chi connectivity index (χ1) is 19.8. The molecule has 2 fully saturated rings. The van der Waals surface area contributed by atoms with Crippen LogP contribution in [0.1, 0.15) is 154 Å². The van der Waals surface area contributed by atoms with Gasteiger partial charge in [0.2, 0.25) is 0 Å². The molecule has 2 aliphatic rings. The number of carboxylic acids is 2. The molecule has 0 atom stereocenters. The molecule has 0 unspecified atom stereocenters. The fraction of sp³-hybridized carbons (Fsp3) is 0.622. The summed E-state index contributed by atoms with van der Waals surface area (Å²) < 4.78 is 0. The second kappa shape index (κ2) is 19.8. The van der Waals surface area contributed by atoms with Gasteiger partial charge in [-0.3, -0.25) is 9.59 Å². The summed E-state index contributed by atoms with van der Waals surface area (Å²) in [7, 11) is -0.120. The monoisotopic (exact) mass is 702 g/mol. The van der Waals surface area contributed by atoms with Gasteiger partial charge in [-0.15, -0.1) is 0 Å². The quantitative estimate of drug-likeness (QED) is 0.222. The van der Waals surface area contributed by atoms with E-state index in [2.05, 4.69) is 77.9 Å². The Balaban J connectivity index is 0.000000917. The van der Waals surface area contributed by atoms with Crippen LogP contribution >= 0.6 is 7.92 Å². The minimum absolute atomic E-state index is 0. The van der Waals surface area contributed by atoms with Gasteiger partial charge in [-0.25, -0.2) is 0 Å². The normalized spacial score (nSPS) is 15.8. The minimum Gasteiger partial charge on any atom is -0.481 e. The smallest absolute Gasteiger partial charge is 0.300 e. The number of aliphatic carboxylic acids is 2. The molecule has 0 heterocycles. The largest absolute Gasteiger partial charge is 0.481 e. The minimum atomic E-state index is -0.833. The zero-order chi connectivity index (χ0) is 31.4. The molecule has 0 aromatic heterocycles. The first-order valence-electron chi connectivity index (χ1n) is 16.3. The zero-order valence-electron chi connectivity index (χ0n) is 27.9. The van der Waals surface area contributed by atoms with Crippen LogP contribution in [0.5, 0.6) is 0 Å². The first kappa shape index (κ1) is 39.5. The Morgan fingerprint density at radius 1 is 0.674 bits per heavy atom. The van der Waals surface area contributed by atoms with Crippen molar-refractivity contribution in [3.05, 3.63) is 53.1 Å². The van der Waals surface area contributed by atoms with E-state index in [-0.39, 0.29) is 28.3 Å². The first-order valence-corrected chi connectivity index (χ1v) is 17.8. The molecule has 4 rings (SSSR count). The summed E-state index contributed by atoms with van der Waals surface area (Å²) in [6.45, 7) is 16.5. The number of hydrogen-bond acceptors (Lipinski definition) is 2. The van der Waals surface area contributed by atoms with E-state index in [0.717, 1.165) is 25.2 Å². The van der Waals surface area contributed by atoms with Gasteiger partial charge in [-0.05, 0) is 87.9 Å². The van der Waals surface area contributed by atoms with Crippen LogP contribution in [0.4, 0.5) is 0 Å². The summed E-state index contributed by atoms with van der Waals surface area (Å²) in [6.07, 6.45) is 14.6. The van der Waals surface area contributed by atoms with Gasteiger partial charge in [0.05, 0.1) is 0 Å². The van der Waals surface area contributed by atoms with Crippen molar-refractivity contribution in [1.29, 1.82) is 0 Å². The average molecular weight is 703 g/mol. The number of rotatable bonds is 7. The van der Waals surface area contributed by atoms with Gasteiger partial charge in [-0.2, -0.15) is 0 Å². The van der Waals surface area contributed by atoms with Crippen molar-refractivity contribution < 1.29 is 40.2 Å². The van der Waals surface area contributed by atoms with Gasteiger partial charge in [0.15, 0.2) is 0 Å². The molecule has 2 saturated carbocycles. The van der Waals surface area contributed by atoms with Gasteiger partial charge in [-0.1, -0.05) is 124 Å².